The third-order valence-corrected chi connectivity index (χ3v) is 4.30. The van der Waals surface area contributed by atoms with Crippen LogP contribution >= 0.6 is 0 Å². The lowest BCUT2D eigenvalue weighted by Crippen LogP contribution is -2.17. The second-order valence-corrected chi connectivity index (χ2v) is 6.41. The van der Waals surface area contributed by atoms with Crippen molar-refractivity contribution in [1.29, 1.82) is 5.26 Å². The molecule has 3 aromatic carbocycles. The lowest BCUT2D eigenvalue weighted by Gasteiger charge is -2.07. The fraction of sp³-hybridized carbons (Fsp3) is 0.125. The zero-order chi connectivity index (χ0) is 20.3. The fourth-order valence-corrected chi connectivity index (χ4v) is 2.70. The van der Waals surface area contributed by atoms with E-state index in [9.17, 15) is 4.79 Å². The standard InChI is InChI=1S/C24H21N3O2/c25-16-21-8-4-5-9-22(21)18-29-23-13-10-20(11-14-23)17-26-27-24(28)15-12-19-6-2-1-3-7-19/h1-11,13-14,17H,12,15,18H2,(H,27,28)/b26-17-. The Balaban J connectivity index is 1.45. The molecule has 0 saturated heterocycles. The van der Waals surface area contributed by atoms with Crippen LogP contribution < -0.4 is 10.2 Å². The molecule has 5 heteroatoms. The number of carbonyl (C=O) groups excluding carboxylic acids is 1. The molecule has 0 unspecified atom stereocenters. The van der Waals surface area contributed by atoms with Crippen LogP contribution in [0.3, 0.4) is 0 Å². The van der Waals surface area contributed by atoms with E-state index in [0.29, 0.717) is 30.8 Å². The average Bonchev–Trinajstić information content (AvgIpc) is 2.78. The predicted molar refractivity (Wildman–Crippen MR) is 112 cm³/mol. The maximum atomic E-state index is 11.9. The third kappa shape index (κ3) is 6.33. The van der Waals surface area contributed by atoms with Crippen molar-refractivity contribution in [3.05, 3.63) is 101 Å². The Morgan fingerprint density at radius 2 is 1.72 bits per heavy atom. The third-order valence-electron chi connectivity index (χ3n) is 4.30. The number of rotatable bonds is 8. The van der Waals surface area contributed by atoms with Crippen LogP contribution in [-0.2, 0) is 17.8 Å². The number of hydrogen-bond acceptors (Lipinski definition) is 4. The van der Waals surface area contributed by atoms with Gasteiger partial charge in [0.25, 0.3) is 0 Å². The van der Waals surface area contributed by atoms with E-state index in [1.54, 1.807) is 12.3 Å². The average molecular weight is 383 g/mol. The minimum absolute atomic E-state index is 0.124. The van der Waals surface area contributed by atoms with Crippen LogP contribution in [0.5, 0.6) is 5.75 Å². The van der Waals surface area contributed by atoms with Crippen LogP contribution in [0.1, 0.15) is 28.7 Å². The van der Waals surface area contributed by atoms with E-state index in [1.165, 1.54) is 0 Å². The summed E-state index contributed by atoms with van der Waals surface area (Å²) in [5.41, 5.74) is 5.97. The minimum Gasteiger partial charge on any atom is -0.489 e. The number of nitrogens with zero attached hydrogens (tertiary/aromatic N) is 2. The SMILES string of the molecule is N#Cc1ccccc1COc1ccc(/C=N\NC(=O)CCc2ccccc2)cc1. The van der Waals surface area contributed by atoms with Gasteiger partial charge in [-0.1, -0.05) is 48.5 Å². The number of carbonyl (C=O) groups is 1. The zero-order valence-corrected chi connectivity index (χ0v) is 15.9. The highest BCUT2D eigenvalue weighted by Crippen LogP contribution is 2.15. The molecule has 1 N–H and O–H groups in total. The highest BCUT2D eigenvalue weighted by atomic mass is 16.5. The first-order valence-electron chi connectivity index (χ1n) is 9.31. The zero-order valence-electron chi connectivity index (χ0n) is 15.9. The highest BCUT2D eigenvalue weighted by molar-refractivity contribution is 5.82. The van der Waals surface area contributed by atoms with E-state index in [1.807, 2.05) is 72.8 Å². The first kappa shape index (κ1) is 19.8. The Morgan fingerprint density at radius 1 is 1.00 bits per heavy atom. The molecule has 0 aliphatic carbocycles. The summed E-state index contributed by atoms with van der Waals surface area (Å²) in [4.78, 5) is 11.9. The number of hydrogen-bond donors (Lipinski definition) is 1. The van der Waals surface area contributed by atoms with Gasteiger partial charge in [0.2, 0.25) is 5.91 Å². The van der Waals surface area contributed by atoms with E-state index in [0.717, 1.165) is 16.7 Å². The maximum Gasteiger partial charge on any atom is 0.240 e. The Labute approximate surface area is 170 Å². The number of nitrogens with one attached hydrogen (secondary N) is 1. The summed E-state index contributed by atoms with van der Waals surface area (Å²) in [5, 5.41) is 13.1. The van der Waals surface area contributed by atoms with Gasteiger partial charge in [0.15, 0.2) is 0 Å². The molecule has 0 radical (unpaired) electrons. The lowest BCUT2D eigenvalue weighted by molar-refractivity contribution is -0.121. The van der Waals surface area contributed by atoms with E-state index < -0.39 is 0 Å². The van der Waals surface area contributed by atoms with Gasteiger partial charge in [0.05, 0.1) is 17.8 Å². The number of hydrazone groups is 1. The number of benzene rings is 3. The lowest BCUT2D eigenvalue weighted by atomic mass is 10.1. The normalized spacial score (nSPS) is 10.4. The molecular formula is C24H21N3O2. The highest BCUT2D eigenvalue weighted by Gasteiger charge is 2.02. The Kier molecular flexibility index (Phi) is 7.14. The van der Waals surface area contributed by atoms with Crippen molar-refractivity contribution in [3.8, 4) is 11.8 Å². The predicted octanol–water partition coefficient (Wildman–Crippen LogP) is 4.22. The van der Waals surface area contributed by atoms with Crippen LogP contribution in [0, 0.1) is 11.3 Å². The van der Waals surface area contributed by atoms with Crippen LogP contribution in [0.4, 0.5) is 0 Å². The molecule has 0 bridgehead atoms. The van der Waals surface area contributed by atoms with E-state index in [2.05, 4.69) is 16.6 Å². The molecule has 0 atom stereocenters. The summed E-state index contributed by atoms with van der Waals surface area (Å²) in [6.07, 6.45) is 2.66. The number of ether oxygens (including phenoxy) is 1. The van der Waals surface area contributed by atoms with Crippen molar-refractivity contribution in [2.45, 2.75) is 19.4 Å². The summed E-state index contributed by atoms with van der Waals surface area (Å²) >= 11 is 0. The molecule has 0 aromatic heterocycles. The summed E-state index contributed by atoms with van der Waals surface area (Å²) in [5.74, 6) is 0.572. The molecule has 0 aliphatic heterocycles. The van der Waals surface area contributed by atoms with Crippen LogP contribution in [0.15, 0.2) is 84.0 Å². The molecule has 3 aromatic rings. The molecule has 144 valence electrons. The molecule has 5 nitrogen and oxygen atoms in total. The van der Waals surface area contributed by atoms with E-state index >= 15 is 0 Å². The second-order valence-electron chi connectivity index (χ2n) is 6.41. The molecule has 0 saturated carbocycles. The number of nitriles is 1. The maximum absolute atomic E-state index is 11.9. The topological polar surface area (TPSA) is 74.5 Å². The van der Waals surface area contributed by atoms with E-state index in [4.69, 9.17) is 10.00 Å². The van der Waals surface area contributed by atoms with Crippen LogP contribution in [-0.4, -0.2) is 12.1 Å². The van der Waals surface area contributed by atoms with Crippen molar-refractivity contribution in [3.63, 3.8) is 0 Å². The Morgan fingerprint density at radius 3 is 2.48 bits per heavy atom. The largest absolute Gasteiger partial charge is 0.489 e. The van der Waals surface area contributed by atoms with Gasteiger partial charge in [0.1, 0.15) is 12.4 Å². The summed E-state index contributed by atoms with van der Waals surface area (Å²) in [6, 6.07) is 26.7. The monoisotopic (exact) mass is 383 g/mol. The van der Waals surface area contributed by atoms with Gasteiger partial charge in [-0.2, -0.15) is 10.4 Å². The van der Waals surface area contributed by atoms with Crippen molar-refractivity contribution in [1.82, 2.24) is 5.43 Å². The molecule has 0 heterocycles. The second kappa shape index (κ2) is 10.4. The first-order valence-corrected chi connectivity index (χ1v) is 9.31. The first-order chi connectivity index (χ1) is 14.2. The molecule has 0 spiro atoms. The van der Waals surface area contributed by atoms with Gasteiger partial charge in [0, 0.05) is 12.0 Å². The summed E-state index contributed by atoms with van der Waals surface area (Å²) < 4.78 is 5.74. The van der Waals surface area contributed by atoms with Crippen LogP contribution in [0.25, 0.3) is 0 Å². The quantitative estimate of drug-likeness (QED) is 0.467. The summed E-state index contributed by atoms with van der Waals surface area (Å²) in [7, 11) is 0. The molecule has 29 heavy (non-hydrogen) atoms. The number of amides is 1. The van der Waals surface area contributed by atoms with Gasteiger partial charge in [-0.15, -0.1) is 0 Å². The van der Waals surface area contributed by atoms with E-state index in [-0.39, 0.29) is 5.91 Å². The van der Waals surface area contributed by atoms with Crippen molar-refractivity contribution < 1.29 is 9.53 Å². The molecule has 1 amide bonds. The molecule has 3 rings (SSSR count). The van der Waals surface area contributed by atoms with Crippen LogP contribution in [0.2, 0.25) is 0 Å². The summed E-state index contributed by atoms with van der Waals surface area (Å²) in [6.45, 7) is 0.328. The van der Waals surface area contributed by atoms with Crippen molar-refractivity contribution >= 4 is 12.1 Å². The molecular weight excluding hydrogens is 362 g/mol. The van der Waals surface area contributed by atoms with Gasteiger partial charge < -0.3 is 4.74 Å². The fourth-order valence-electron chi connectivity index (χ4n) is 2.70. The van der Waals surface area contributed by atoms with Crippen molar-refractivity contribution in [2.24, 2.45) is 5.10 Å². The van der Waals surface area contributed by atoms with Gasteiger partial charge in [-0.25, -0.2) is 5.43 Å². The Bertz CT molecular complexity index is 1010. The van der Waals surface area contributed by atoms with Gasteiger partial charge in [-0.05, 0) is 47.9 Å². The van der Waals surface area contributed by atoms with Crippen molar-refractivity contribution in [2.75, 3.05) is 0 Å². The van der Waals surface area contributed by atoms with Gasteiger partial charge >= 0.3 is 0 Å². The number of aryl methyl sites for hydroxylation is 1. The Hall–Kier alpha value is -3.91. The minimum atomic E-state index is -0.124. The molecule has 0 aliphatic rings. The van der Waals surface area contributed by atoms with Gasteiger partial charge in [-0.3, -0.25) is 4.79 Å². The smallest absolute Gasteiger partial charge is 0.240 e. The molecule has 0 fully saturated rings.